The Labute approximate surface area is 115 Å². The van der Waals surface area contributed by atoms with Gasteiger partial charge >= 0.3 is 5.97 Å². The van der Waals surface area contributed by atoms with Crippen molar-refractivity contribution in [3.05, 3.63) is 16.1 Å². The molecule has 0 aliphatic carbocycles. The van der Waals surface area contributed by atoms with E-state index in [2.05, 4.69) is 15.0 Å². The van der Waals surface area contributed by atoms with E-state index in [-0.39, 0.29) is 36.7 Å². The Morgan fingerprint density at radius 1 is 1.61 bits per heavy atom. The molecule has 1 aromatic rings. The number of nitrogens with two attached hydrogens (primary N) is 1. The van der Waals surface area contributed by atoms with Gasteiger partial charge in [0.05, 0.1) is 13.5 Å². The van der Waals surface area contributed by atoms with Crippen LogP contribution in [0.2, 0.25) is 0 Å². The van der Waals surface area contributed by atoms with Gasteiger partial charge in [-0.1, -0.05) is 0 Å². The molecule has 1 unspecified atom stereocenters. The fraction of sp³-hybridized carbons (Fsp3) is 0.500. The van der Waals surface area contributed by atoms with Crippen LogP contribution in [-0.4, -0.2) is 30.0 Å². The molecule has 0 bridgehead atoms. The smallest absolute Gasteiger partial charge is 0.307 e. The summed E-state index contributed by atoms with van der Waals surface area (Å²) in [6.45, 7) is 2.04. The Bertz CT molecular complexity index is 411. The zero-order valence-corrected chi connectivity index (χ0v) is 11.8. The molecule has 1 atom stereocenters. The number of nitrogens with zero attached hydrogens (tertiary/aromatic N) is 1. The first-order valence-corrected chi connectivity index (χ1v) is 5.97. The van der Waals surface area contributed by atoms with Crippen LogP contribution < -0.4 is 11.1 Å². The molecular formula is C10H16ClN3O3S. The van der Waals surface area contributed by atoms with Crippen LogP contribution in [0.4, 0.5) is 0 Å². The number of methoxy groups -OCH3 is 1. The lowest BCUT2D eigenvalue weighted by molar-refractivity contribution is -0.141. The maximum Gasteiger partial charge on any atom is 0.307 e. The zero-order valence-electron chi connectivity index (χ0n) is 10.1. The van der Waals surface area contributed by atoms with Gasteiger partial charge in [-0.05, 0) is 6.92 Å². The summed E-state index contributed by atoms with van der Waals surface area (Å²) in [5, 5.41) is 5.01. The van der Waals surface area contributed by atoms with Gasteiger partial charge in [0, 0.05) is 18.0 Å². The number of aromatic nitrogens is 1. The van der Waals surface area contributed by atoms with Crippen molar-refractivity contribution in [3.8, 4) is 0 Å². The first-order chi connectivity index (χ1) is 8.06. The number of carbonyl (C=O) groups excluding carboxylic acids is 2. The first-order valence-electron chi connectivity index (χ1n) is 5.09. The van der Waals surface area contributed by atoms with Gasteiger partial charge in [-0.15, -0.1) is 23.7 Å². The third-order valence-corrected chi connectivity index (χ3v) is 2.91. The lowest BCUT2D eigenvalue weighted by Gasteiger charge is -2.11. The highest BCUT2D eigenvalue weighted by molar-refractivity contribution is 7.09. The molecule has 0 fully saturated rings. The number of ether oxygens (including phenoxy) is 1. The van der Waals surface area contributed by atoms with Crippen molar-refractivity contribution in [2.45, 2.75) is 25.9 Å². The SMILES string of the molecule is COC(=O)CC(C)NC(=O)c1csc(CN)n1.Cl. The molecule has 0 spiro atoms. The molecule has 18 heavy (non-hydrogen) atoms. The normalized spacial score (nSPS) is 11.3. The van der Waals surface area contributed by atoms with Crippen LogP contribution >= 0.6 is 23.7 Å². The summed E-state index contributed by atoms with van der Waals surface area (Å²) in [7, 11) is 1.31. The van der Waals surface area contributed by atoms with Gasteiger partial charge in [-0.3, -0.25) is 9.59 Å². The molecule has 0 saturated carbocycles. The predicted octanol–water partition coefficient (Wildman–Crippen LogP) is 0.705. The van der Waals surface area contributed by atoms with Crippen molar-refractivity contribution in [1.82, 2.24) is 10.3 Å². The number of hydrogen-bond acceptors (Lipinski definition) is 6. The highest BCUT2D eigenvalue weighted by Crippen LogP contribution is 2.09. The van der Waals surface area contributed by atoms with Crippen molar-refractivity contribution in [2.24, 2.45) is 5.73 Å². The standard InChI is InChI=1S/C10H15N3O3S.ClH/c1-6(3-9(14)16-2)12-10(15)7-5-17-8(4-11)13-7;/h5-6H,3-4,11H2,1-2H3,(H,12,15);1H. The molecular weight excluding hydrogens is 278 g/mol. The maximum atomic E-state index is 11.7. The quantitative estimate of drug-likeness (QED) is 0.780. The van der Waals surface area contributed by atoms with E-state index >= 15 is 0 Å². The number of carbonyl (C=O) groups is 2. The van der Waals surface area contributed by atoms with Gasteiger partial charge in [0.2, 0.25) is 0 Å². The molecule has 1 amide bonds. The van der Waals surface area contributed by atoms with Crippen molar-refractivity contribution in [2.75, 3.05) is 7.11 Å². The molecule has 0 aromatic carbocycles. The minimum atomic E-state index is -0.362. The minimum Gasteiger partial charge on any atom is -0.469 e. The Morgan fingerprint density at radius 2 is 2.28 bits per heavy atom. The number of esters is 1. The van der Waals surface area contributed by atoms with Crippen LogP contribution in [0.25, 0.3) is 0 Å². The Morgan fingerprint density at radius 3 is 2.78 bits per heavy atom. The number of nitrogens with one attached hydrogen (secondary N) is 1. The summed E-state index contributed by atoms with van der Waals surface area (Å²) in [5.74, 6) is -0.670. The van der Waals surface area contributed by atoms with E-state index in [0.717, 1.165) is 0 Å². The zero-order chi connectivity index (χ0) is 12.8. The fourth-order valence-electron chi connectivity index (χ4n) is 1.19. The molecule has 0 saturated heterocycles. The summed E-state index contributed by atoms with van der Waals surface area (Å²) < 4.78 is 4.51. The average molecular weight is 294 g/mol. The lowest BCUT2D eigenvalue weighted by Crippen LogP contribution is -2.34. The van der Waals surface area contributed by atoms with Crippen LogP contribution in [0.5, 0.6) is 0 Å². The van der Waals surface area contributed by atoms with E-state index < -0.39 is 0 Å². The molecule has 102 valence electrons. The average Bonchev–Trinajstić information content (AvgIpc) is 2.77. The highest BCUT2D eigenvalue weighted by atomic mass is 35.5. The lowest BCUT2D eigenvalue weighted by atomic mass is 10.2. The van der Waals surface area contributed by atoms with Gasteiger partial charge in [0.25, 0.3) is 5.91 Å². The number of thiazole rings is 1. The molecule has 0 aliphatic rings. The van der Waals surface area contributed by atoms with Crippen molar-refractivity contribution >= 4 is 35.6 Å². The third kappa shape index (κ3) is 4.99. The molecule has 8 heteroatoms. The molecule has 1 rings (SSSR count). The van der Waals surface area contributed by atoms with Crippen molar-refractivity contribution in [1.29, 1.82) is 0 Å². The number of rotatable bonds is 5. The van der Waals surface area contributed by atoms with E-state index in [1.807, 2.05) is 0 Å². The van der Waals surface area contributed by atoms with E-state index in [9.17, 15) is 9.59 Å². The summed E-state index contributed by atoms with van der Waals surface area (Å²) >= 11 is 1.33. The molecule has 0 aliphatic heterocycles. The second-order valence-corrected chi connectivity index (χ2v) is 4.43. The summed E-state index contributed by atoms with van der Waals surface area (Å²) in [6.07, 6.45) is 0.135. The Hall–Kier alpha value is -1.18. The molecule has 1 aromatic heterocycles. The molecule has 6 nitrogen and oxygen atoms in total. The van der Waals surface area contributed by atoms with Crippen molar-refractivity contribution in [3.63, 3.8) is 0 Å². The van der Waals surface area contributed by atoms with Gasteiger partial charge in [0.15, 0.2) is 0 Å². The topological polar surface area (TPSA) is 94.3 Å². The number of hydrogen-bond donors (Lipinski definition) is 2. The maximum absolute atomic E-state index is 11.7. The van der Waals surface area contributed by atoms with E-state index in [1.54, 1.807) is 12.3 Å². The highest BCUT2D eigenvalue weighted by Gasteiger charge is 2.15. The number of amides is 1. The minimum absolute atomic E-state index is 0. The van der Waals surface area contributed by atoms with Gasteiger partial charge < -0.3 is 15.8 Å². The van der Waals surface area contributed by atoms with Crippen LogP contribution in [0.15, 0.2) is 5.38 Å². The van der Waals surface area contributed by atoms with E-state index in [4.69, 9.17) is 5.73 Å². The molecule has 0 radical (unpaired) electrons. The van der Waals surface area contributed by atoms with E-state index in [1.165, 1.54) is 18.4 Å². The summed E-state index contributed by atoms with van der Waals surface area (Å²) in [6, 6.07) is -0.294. The predicted molar refractivity (Wildman–Crippen MR) is 70.8 cm³/mol. The van der Waals surface area contributed by atoms with Gasteiger partial charge in [-0.2, -0.15) is 0 Å². The Balaban J connectivity index is 0.00000289. The monoisotopic (exact) mass is 293 g/mol. The Kier molecular flexibility index (Phi) is 7.49. The third-order valence-electron chi connectivity index (χ3n) is 2.04. The van der Waals surface area contributed by atoms with E-state index in [0.29, 0.717) is 17.2 Å². The second kappa shape index (κ2) is 8.02. The van der Waals surface area contributed by atoms with Crippen LogP contribution in [0.1, 0.15) is 28.8 Å². The fourth-order valence-corrected chi connectivity index (χ4v) is 1.85. The van der Waals surface area contributed by atoms with Crippen LogP contribution in [0, 0.1) is 0 Å². The first kappa shape index (κ1) is 16.8. The largest absolute Gasteiger partial charge is 0.469 e. The number of halogens is 1. The van der Waals surface area contributed by atoms with Gasteiger partial charge in [-0.25, -0.2) is 4.98 Å². The summed E-state index contributed by atoms with van der Waals surface area (Å²) in [4.78, 5) is 26.7. The van der Waals surface area contributed by atoms with Crippen molar-refractivity contribution < 1.29 is 14.3 Å². The van der Waals surface area contributed by atoms with Crippen LogP contribution in [0.3, 0.4) is 0 Å². The second-order valence-electron chi connectivity index (χ2n) is 3.49. The molecule has 3 N–H and O–H groups in total. The van der Waals surface area contributed by atoms with Gasteiger partial charge in [0.1, 0.15) is 10.7 Å². The summed E-state index contributed by atoms with van der Waals surface area (Å²) in [5.41, 5.74) is 5.73. The molecule has 1 heterocycles. The van der Waals surface area contributed by atoms with Crippen LogP contribution in [-0.2, 0) is 16.1 Å².